The van der Waals surface area contributed by atoms with Crippen molar-refractivity contribution in [3.8, 4) is 0 Å². The van der Waals surface area contributed by atoms with Crippen molar-refractivity contribution in [1.29, 1.82) is 0 Å². The van der Waals surface area contributed by atoms with E-state index < -0.39 is 5.91 Å². The molecule has 0 radical (unpaired) electrons. The lowest BCUT2D eigenvalue weighted by Gasteiger charge is -2.08. The average molecular weight is 347 g/mol. The number of halogens is 3. The lowest BCUT2D eigenvalue weighted by molar-refractivity contribution is 0.0946. The number of nitrogens with one attached hydrogen (secondary N) is 1. The molecule has 1 amide bonds. The fourth-order valence-electron chi connectivity index (χ4n) is 1.52. The van der Waals surface area contributed by atoms with Gasteiger partial charge >= 0.3 is 0 Å². The molecule has 0 bridgehead atoms. The van der Waals surface area contributed by atoms with E-state index >= 15 is 0 Å². The molecule has 9 heteroatoms. The molecule has 6 nitrogen and oxygen atoms in total. The third kappa shape index (κ3) is 3.66. The molecule has 5 N–H and O–H groups in total. The average Bonchev–Trinajstić information content (AvgIpc) is 2.44. The van der Waals surface area contributed by atoms with Crippen LogP contribution < -0.4 is 16.8 Å². The maximum absolute atomic E-state index is 12.0. The Kier molecular flexibility index (Phi) is 4.72. The first kappa shape index (κ1) is 15.6. The zero-order valence-corrected chi connectivity index (χ0v) is 12.8. The summed E-state index contributed by atoms with van der Waals surface area (Å²) in [6, 6.07) is 5.02. The van der Waals surface area contributed by atoms with Crippen LogP contribution in [0, 0.1) is 0 Å². The van der Waals surface area contributed by atoms with Crippen molar-refractivity contribution in [2.45, 2.75) is 6.54 Å². The molecule has 0 aliphatic rings. The summed E-state index contributed by atoms with van der Waals surface area (Å²) in [4.78, 5) is 19.5. The minimum Gasteiger partial charge on any atom is -0.382 e. The van der Waals surface area contributed by atoms with Gasteiger partial charge in [0.1, 0.15) is 0 Å². The molecule has 2 aromatic rings. The zero-order chi connectivity index (χ0) is 15.6. The Balaban J connectivity index is 2.11. The Hall–Kier alpha value is -1.76. The van der Waals surface area contributed by atoms with Gasteiger partial charge in [0.05, 0.1) is 10.0 Å². The molecule has 110 valence electrons. The monoisotopic (exact) mass is 345 g/mol. The molecule has 0 aliphatic heterocycles. The topological polar surface area (TPSA) is 107 Å². The molecule has 2 rings (SSSR count). The zero-order valence-electron chi connectivity index (χ0n) is 10.5. The third-order valence-corrected chi connectivity index (χ3v) is 3.57. The molecule has 1 heterocycles. The summed E-state index contributed by atoms with van der Waals surface area (Å²) in [6.45, 7) is 0.221. The molecule has 0 saturated carbocycles. The van der Waals surface area contributed by atoms with E-state index in [1.54, 1.807) is 18.2 Å². The summed E-state index contributed by atoms with van der Waals surface area (Å²) >= 11 is 17.4. The summed E-state index contributed by atoms with van der Waals surface area (Å²) in [5, 5.41) is 3.39. The lowest BCUT2D eigenvalue weighted by atomic mass is 10.2. The SMILES string of the molecule is Nc1nc(N)c(C(=O)NCc2ccc(Cl)c(Cl)c2)nc1Cl. The standard InChI is InChI=1S/C12H10Cl3N5O/c13-6-2-1-5(3-7(6)14)4-18-12(21)8-10(16)20-11(17)9(15)19-8/h1-3H,4H2,(H,18,21)(H4,16,17,20). The van der Waals surface area contributed by atoms with Gasteiger partial charge in [-0.2, -0.15) is 0 Å². The minimum absolute atomic E-state index is 0.0322. The van der Waals surface area contributed by atoms with Crippen LogP contribution in [0.5, 0.6) is 0 Å². The number of rotatable bonds is 3. The van der Waals surface area contributed by atoms with Crippen LogP contribution in [0.3, 0.4) is 0 Å². The Morgan fingerprint density at radius 2 is 1.81 bits per heavy atom. The van der Waals surface area contributed by atoms with E-state index in [1.807, 2.05) is 0 Å². The largest absolute Gasteiger partial charge is 0.382 e. The number of carbonyl (C=O) groups excluding carboxylic acids is 1. The van der Waals surface area contributed by atoms with Crippen molar-refractivity contribution in [2.75, 3.05) is 11.5 Å². The van der Waals surface area contributed by atoms with Crippen LogP contribution in [0.2, 0.25) is 15.2 Å². The Morgan fingerprint density at radius 1 is 1.10 bits per heavy atom. The highest BCUT2D eigenvalue weighted by Gasteiger charge is 2.15. The molecule has 0 spiro atoms. The van der Waals surface area contributed by atoms with Gasteiger partial charge in [0.2, 0.25) is 0 Å². The number of nitrogens with zero attached hydrogens (tertiary/aromatic N) is 2. The van der Waals surface area contributed by atoms with Crippen LogP contribution in [0.25, 0.3) is 0 Å². The van der Waals surface area contributed by atoms with Crippen molar-refractivity contribution >= 4 is 52.3 Å². The van der Waals surface area contributed by atoms with E-state index in [2.05, 4.69) is 15.3 Å². The van der Waals surface area contributed by atoms with E-state index in [9.17, 15) is 4.79 Å². The predicted octanol–water partition coefficient (Wildman–Crippen LogP) is 2.53. The van der Waals surface area contributed by atoms with E-state index in [4.69, 9.17) is 46.3 Å². The molecule has 0 aliphatic carbocycles. The van der Waals surface area contributed by atoms with E-state index in [1.165, 1.54) is 0 Å². The number of hydrogen-bond acceptors (Lipinski definition) is 5. The first-order valence-corrected chi connectivity index (χ1v) is 6.82. The van der Waals surface area contributed by atoms with E-state index in [0.717, 1.165) is 5.56 Å². The number of nitrogens with two attached hydrogens (primary N) is 2. The number of anilines is 2. The highest BCUT2D eigenvalue weighted by molar-refractivity contribution is 6.42. The molecule has 0 unspecified atom stereocenters. The molecule has 0 fully saturated rings. The lowest BCUT2D eigenvalue weighted by Crippen LogP contribution is -2.25. The third-order valence-electron chi connectivity index (χ3n) is 2.56. The molecule has 0 atom stereocenters. The van der Waals surface area contributed by atoms with E-state index in [0.29, 0.717) is 10.0 Å². The first-order valence-electron chi connectivity index (χ1n) is 5.69. The summed E-state index contributed by atoms with van der Waals surface area (Å²) in [6.07, 6.45) is 0. The van der Waals surface area contributed by atoms with Gasteiger partial charge in [-0.15, -0.1) is 0 Å². The van der Waals surface area contributed by atoms with Crippen LogP contribution >= 0.6 is 34.8 Å². The van der Waals surface area contributed by atoms with Gasteiger partial charge in [-0.25, -0.2) is 9.97 Å². The number of amides is 1. The van der Waals surface area contributed by atoms with Crippen molar-refractivity contribution in [3.05, 3.63) is 44.7 Å². The molecule has 21 heavy (non-hydrogen) atoms. The molecule has 0 saturated heterocycles. The number of hydrogen-bond donors (Lipinski definition) is 3. The van der Waals surface area contributed by atoms with Gasteiger partial charge in [-0.1, -0.05) is 40.9 Å². The van der Waals surface area contributed by atoms with Crippen LogP contribution in [0.15, 0.2) is 18.2 Å². The molecular weight excluding hydrogens is 337 g/mol. The second kappa shape index (κ2) is 6.34. The fourth-order valence-corrected chi connectivity index (χ4v) is 1.97. The first-order chi connectivity index (χ1) is 9.88. The fraction of sp³-hybridized carbons (Fsp3) is 0.0833. The second-order valence-corrected chi connectivity index (χ2v) is 5.24. The molecule has 1 aromatic heterocycles. The van der Waals surface area contributed by atoms with Crippen LogP contribution in [-0.4, -0.2) is 15.9 Å². The highest BCUT2D eigenvalue weighted by Crippen LogP contribution is 2.22. The van der Waals surface area contributed by atoms with Crippen molar-refractivity contribution in [1.82, 2.24) is 15.3 Å². The van der Waals surface area contributed by atoms with Gasteiger partial charge < -0.3 is 16.8 Å². The van der Waals surface area contributed by atoms with Crippen LogP contribution in [0.4, 0.5) is 11.6 Å². The molecule has 1 aromatic carbocycles. The Labute approximate surface area is 135 Å². The van der Waals surface area contributed by atoms with Crippen molar-refractivity contribution in [3.63, 3.8) is 0 Å². The number of nitrogen functional groups attached to an aromatic ring is 2. The van der Waals surface area contributed by atoms with Gasteiger partial charge in [-0.3, -0.25) is 4.79 Å². The highest BCUT2D eigenvalue weighted by atomic mass is 35.5. The molecular formula is C12H10Cl3N5O. The smallest absolute Gasteiger partial charge is 0.274 e. The minimum atomic E-state index is -0.520. The van der Waals surface area contributed by atoms with Gasteiger partial charge in [0.25, 0.3) is 5.91 Å². The van der Waals surface area contributed by atoms with Crippen molar-refractivity contribution < 1.29 is 4.79 Å². The quantitative estimate of drug-likeness (QED) is 0.791. The summed E-state index contributed by atoms with van der Waals surface area (Å²) in [7, 11) is 0. The predicted molar refractivity (Wildman–Crippen MR) is 83.5 cm³/mol. The normalized spacial score (nSPS) is 10.4. The van der Waals surface area contributed by atoms with Gasteiger partial charge in [0.15, 0.2) is 22.5 Å². The summed E-state index contributed by atoms with van der Waals surface area (Å²) in [5.74, 6) is -0.647. The summed E-state index contributed by atoms with van der Waals surface area (Å²) in [5.41, 5.74) is 11.7. The Morgan fingerprint density at radius 3 is 2.48 bits per heavy atom. The van der Waals surface area contributed by atoms with Gasteiger partial charge in [0, 0.05) is 6.54 Å². The van der Waals surface area contributed by atoms with E-state index in [-0.39, 0.29) is 29.0 Å². The number of carbonyl (C=O) groups is 1. The van der Waals surface area contributed by atoms with Crippen LogP contribution in [0.1, 0.15) is 16.1 Å². The Bertz CT molecular complexity index is 708. The van der Waals surface area contributed by atoms with Gasteiger partial charge in [-0.05, 0) is 17.7 Å². The number of aromatic nitrogens is 2. The summed E-state index contributed by atoms with van der Waals surface area (Å²) < 4.78 is 0. The number of benzene rings is 1. The maximum Gasteiger partial charge on any atom is 0.274 e. The second-order valence-electron chi connectivity index (χ2n) is 4.06. The van der Waals surface area contributed by atoms with Crippen LogP contribution in [-0.2, 0) is 6.54 Å². The maximum atomic E-state index is 12.0. The van der Waals surface area contributed by atoms with Crippen molar-refractivity contribution in [2.24, 2.45) is 0 Å².